The lowest BCUT2D eigenvalue weighted by Gasteiger charge is -2.14. The number of amides is 1. The SMILES string of the molecule is CCC(NC(=O)CCc1cccc(N)c1)c1nccs1. The first kappa shape index (κ1) is 14.5. The summed E-state index contributed by atoms with van der Waals surface area (Å²) in [5, 5.41) is 5.92. The Bertz CT molecular complexity index is 554. The minimum Gasteiger partial charge on any atom is -0.399 e. The first-order valence-corrected chi connectivity index (χ1v) is 7.60. The number of anilines is 1. The van der Waals surface area contributed by atoms with E-state index in [0.29, 0.717) is 12.8 Å². The fraction of sp³-hybridized carbons (Fsp3) is 0.333. The highest BCUT2D eigenvalue weighted by Gasteiger charge is 2.14. The number of thiazole rings is 1. The van der Waals surface area contributed by atoms with Crippen LogP contribution in [-0.2, 0) is 11.2 Å². The van der Waals surface area contributed by atoms with Crippen LogP contribution in [0.1, 0.15) is 36.4 Å². The molecule has 0 bridgehead atoms. The van der Waals surface area contributed by atoms with Gasteiger partial charge in [0.1, 0.15) is 5.01 Å². The maximum absolute atomic E-state index is 12.0. The number of rotatable bonds is 6. The molecule has 20 heavy (non-hydrogen) atoms. The summed E-state index contributed by atoms with van der Waals surface area (Å²) in [5.41, 5.74) is 7.54. The van der Waals surface area contributed by atoms with E-state index in [0.717, 1.165) is 22.7 Å². The molecule has 4 nitrogen and oxygen atoms in total. The maximum Gasteiger partial charge on any atom is 0.220 e. The Morgan fingerprint density at radius 3 is 3.00 bits per heavy atom. The third-order valence-electron chi connectivity index (χ3n) is 3.08. The number of aromatic nitrogens is 1. The van der Waals surface area contributed by atoms with Crippen molar-refractivity contribution in [1.29, 1.82) is 0 Å². The second-order valence-electron chi connectivity index (χ2n) is 4.64. The van der Waals surface area contributed by atoms with Gasteiger partial charge in [0.15, 0.2) is 0 Å². The monoisotopic (exact) mass is 289 g/mol. The van der Waals surface area contributed by atoms with Crippen LogP contribution >= 0.6 is 11.3 Å². The Hall–Kier alpha value is -1.88. The summed E-state index contributed by atoms with van der Waals surface area (Å²) in [6.07, 6.45) is 3.77. The lowest BCUT2D eigenvalue weighted by atomic mass is 10.1. The molecule has 0 fully saturated rings. The average Bonchev–Trinajstić information content (AvgIpc) is 2.96. The molecule has 3 N–H and O–H groups in total. The number of aryl methyl sites for hydroxylation is 1. The highest BCUT2D eigenvalue weighted by atomic mass is 32.1. The van der Waals surface area contributed by atoms with Crippen LogP contribution in [0.3, 0.4) is 0 Å². The minimum atomic E-state index is 0.0170. The summed E-state index contributed by atoms with van der Waals surface area (Å²) in [4.78, 5) is 16.3. The molecule has 0 radical (unpaired) electrons. The summed E-state index contributed by atoms with van der Waals surface area (Å²) >= 11 is 1.57. The molecule has 1 amide bonds. The number of nitrogens with zero attached hydrogens (tertiary/aromatic N) is 1. The molecule has 2 rings (SSSR count). The molecule has 1 atom stereocenters. The summed E-state index contributed by atoms with van der Waals surface area (Å²) in [6, 6.07) is 7.67. The van der Waals surface area contributed by atoms with Crippen molar-refractivity contribution in [3.8, 4) is 0 Å². The van der Waals surface area contributed by atoms with Gasteiger partial charge in [-0.05, 0) is 30.5 Å². The van der Waals surface area contributed by atoms with Gasteiger partial charge in [-0.25, -0.2) is 4.98 Å². The van der Waals surface area contributed by atoms with Gasteiger partial charge in [0.2, 0.25) is 5.91 Å². The van der Waals surface area contributed by atoms with Crippen LogP contribution in [0.25, 0.3) is 0 Å². The molecule has 1 heterocycles. The molecule has 0 saturated carbocycles. The predicted molar refractivity (Wildman–Crippen MR) is 82.5 cm³/mol. The lowest BCUT2D eigenvalue weighted by molar-refractivity contribution is -0.121. The molecular formula is C15H19N3OS. The number of carbonyl (C=O) groups excluding carboxylic acids is 1. The van der Waals surface area contributed by atoms with E-state index in [1.54, 1.807) is 17.5 Å². The third kappa shape index (κ3) is 4.06. The van der Waals surface area contributed by atoms with Gasteiger partial charge in [-0.3, -0.25) is 4.79 Å². The van der Waals surface area contributed by atoms with Crippen LogP contribution in [0.2, 0.25) is 0 Å². The van der Waals surface area contributed by atoms with Crippen molar-refractivity contribution in [2.45, 2.75) is 32.2 Å². The molecule has 0 saturated heterocycles. The van der Waals surface area contributed by atoms with Gasteiger partial charge in [0.25, 0.3) is 0 Å². The normalized spacial score (nSPS) is 12.1. The van der Waals surface area contributed by atoms with Crippen molar-refractivity contribution < 1.29 is 4.79 Å². The Morgan fingerprint density at radius 1 is 1.50 bits per heavy atom. The van der Waals surface area contributed by atoms with Crippen LogP contribution in [0.5, 0.6) is 0 Å². The summed E-state index contributed by atoms with van der Waals surface area (Å²) in [7, 11) is 0. The Labute approximate surface area is 123 Å². The molecular weight excluding hydrogens is 270 g/mol. The van der Waals surface area contributed by atoms with Gasteiger partial charge in [-0.1, -0.05) is 19.1 Å². The van der Waals surface area contributed by atoms with Crippen LogP contribution in [0, 0.1) is 0 Å². The molecule has 2 aromatic rings. The number of hydrogen-bond acceptors (Lipinski definition) is 4. The van der Waals surface area contributed by atoms with Gasteiger partial charge >= 0.3 is 0 Å². The van der Waals surface area contributed by atoms with E-state index in [4.69, 9.17) is 5.73 Å². The van der Waals surface area contributed by atoms with E-state index < -0.39 is 0 Å². The van der Waals surface area contributed by atoms with Gasteiger partial charge in [-0.2, -0.15) is 0 Å². The molecule has 0 spiro atoms. The van der Waals surface area contributed by atoms with E-state index in [9.17, 15) is 4.79 Å². The van der Waals surface area contributed by atoms with Crippen molar-refractivity contribution in [2.24, 2.45) is 0 Å². The standard InChI is InChI=1S/C15H19N3OS/c1-2-13(15-17-8-9-20-15)18-14(19)7-6-11-4-3-5-12(16)10-11/h3-5,8-10,13H,2,6-7,16H2,1H3,(H,18,19). The van der Waals surface area contributed by atoms with Crippen LogP contribution in [-0.4, -0.2) is 10.9 Å². The fourth-order valence-corrected chi connectivity index (χ4v) is 2.79. The molecule has 0 aliphatic rings. The second-order valence-corrected chi connectivity index (χ2v) is 5.57. The van der Waals surface area contributed by atoms with Crippen molar-refractivity contribution >= 4 is 22.9 Å². The molecule has 5 heteroatoms. The Morgan fingerprint density at radius 2 is 2.35 bits per heavy atom. The van der Waals surface area contributed by atoms with Crippen LogP contribution in [0.4, 0.5) is 5.69 Å². The molecule has 0 aliphatic carbocycles. The zero-order chi connectivity index (χ0) is 14.4. The van der Waals surface area contributed by atoms with Crippen molar-refractivity contribution in [3.05, 3.63) is 46.4 Å². The number of hydrogen-bond donors (Lipinski definition) is 2. The van der Waals surface area contributed by atoms with Gasteiger partial charge in [0.05, 0.1) is 6.04 Å². The minimum absolute atomic E-state index is 0.0170. The van der Waals surface area contributed by atoms with Crippen molar-refractivity contribution in [2.75, 3.05) is 5.73 Å². The number of nitrogens with one attached hydrogen (secondary N) is 1. The summed E-state index contributed by atoms with van der Waals surface area (Å²) in [6.45, 7) is 2.05. The largest absolute Gasteiger partial charge is 0.399 e. The summed E-state index contributed by atoms with van der Waals surface area (Å²) < 4.78 is 0. The molecule has 106 valence electrons. The smallest absolute Gasteiger partial charge is 0.220 e. The zero-order valence-corrected chi connectivity index (χ0v) is 12.3. The number of nitrogen functional groups attached to an aromatic ring is 1. The van der Waals surface area contributed by atoms with E-state index in [1.807, 2.05) is 36.6 Å². The fourth-order valence-electron chi connectivity index (χ4n) is 2.02. The van der Waals surface area contributed by atoms with E-state index in [1.165, 1.54) is 0 Å². The number of nitrogens with two attached hydrogens (primary N) is 1. The van der Waals surface area contributed by atoms with Crippen molar-refractivity contribution in [3.63, 3.8) is 0 Å². The van der Waals surface area contributed by atoms with Crippen LogP contribution < -0.4 is 11.1 Å². The van der Waals surface area contributed by atoms with E-state index >= 15 is 0 Å². The van der Waals surface area contributed by atoms with Gasteiger partial charge < -0.3 is 11.1 Å². The van der Waals surface area contributed by atoms with Gasteiger partial charge in [0, 0.05) is 23.7 Å². The van der Waals surface area contributed by atoms with Crippen LogP contribution in [0.15, 0.2) is 35.8 Å². The maximum atomic E-state index is 12.0. The average molecular weight is 289 g/mol. The summed E-state index contributed by atoms with van der Waals surface area (Å²) in [5.74, 6) is 0.0504. The first-order chi connectivity index (χ1) is 9.69. The Kier molecular flexibility index (Phi) is 5.12. The van der Waals surface area contributed by atoms with E-state index in [-0.39, 0.29) is 11.9 Å². The lowest BCUT2D eigenvalue weighted by Crippen LogP contribution is -2.28. The first-order valence-electron chi connectivity index (χ1n) is 6.72. The second kappa shape index (κ2) is 7.05. The third-order valence-corrected chi connectivity index (χ3v) is 3.97. The quantitative estimate of drug-likeness (QED) is 0.803. The molecule has 1 aromatic heterocycles. The zero-order valence-electron chi connectivity index (χ0n) is 11.5. The highest BCUT2D eigenvalue weighted by molar-refractivity contribution is 7.09. The molecule has 1 unspecified atom stereocenters. The van der Waals surface area contributed by atoms with Gasteiger partial charge in [-0.15, -0.1) is 11.3 Å². The number of carbonyl (C=O) groups is 1. The Balaban J connectivity index is 1.86. The molecule has 1 aromatic carbocycles. The molecule has 0 aliphatic heterocycles. The van der Waals surface area contributed by atoms with Crippen molar-refractivity contribution in [1.82, 2.24) is 10.3 Å². The number of benzene rings is 1. The topological polar surface area (TPSA) is 68.0 Å². The van der Waals surface area contributed by atoms with E-state index in [2.05, 4.69) is 10.3 Å². The highest BCUT2D eigenvalue weighted by Crippen LogP contribution is 2.19. The predicted octanol–water partition coefficient (Wildman–Crippen LogP) is 2.93.